The van der Waals surface area contributed by atoms with Crippen molar-refractivity contribution in [3.8, 4) is 0 Å². The van der Waals surface area contributed by atoms with Crippen LogP contribution in [0.5, 0.6) is 0 Å². The van der Waals surface area contributed by atoms with Crippen molar-refractivity contribution in [3.63, 3.8) is 0 Å². The van der Waals surface area contributed by atoms with Crippen LogP contribution in [-0.2, 0) is 10.2 Å². The van der Waals surface area contributed by atoms with Crippen LogP contribution in [0.25, 0.3) is 0 Å². The number of hydrogen-bond acceptors (Lipinski definition) is 7. The summed E-state index contributed by atoms with van der Waals surface area (Å²) in [4.78, 5) is 15.0. The first kappa shape index (κ1) is 21.2. The number of piperidine rings is 1. The minimum Gasteiger partial charge on any atom is -0.395 e. The van der Waals surface area contributed by atoms with Gasteiger partial charge in [-0.05, 0) is 40.0 Å². The molecule has 0 bridgehead atoms. The largest absolute Gasteiger partial charge is 0.395 e. The van der Waals surface area contributed by atoms with E-state index in [2.05, 4.69) is 25.9 Å². The Kier molecular flexibility index (Phi) is 6.76. The van der Waals surface area contributed by atoms with Crippen molar-refractivity contribution in [2.24, 2.45) is 0 Å². The van der Waals surface area contributed by atoms with E-state index < -0.39 is 11.0 Å². The summed E-state index contributed by atoms with van der Waals surface area (Å²) in [6.45, 7) is 9.63. The lowest BCUT2D eigenvalue weighted by Crippen LogP contribution is -2.56. The average Bonchev–Trinajstić information content (AvgIpc) is 3.10. The van der Waals surface area contributed by atoms with Crippen molar-refractivity contribution < 1.29 is 14.4 Å². The molecule has 1 amide bonds. The molecule has 0 unspecified atom stereocenters. The zero-order valence-electron chi connectivity index (χ0n) is 16.7. The number of carbonyl (C=O) groups is 1. The third-order valence-corrected chi connectivity index (χ3v) is 6.38. The summed E-state index contributed by atoms with van der Waals surface area (Å²) in [6, 6.07) is 2.05. The van der Waals surface area contributed by atoms with Gasteiger partial charge >= 0.3 is 0 Å². The molecule has 8 heteroatoms. The number of aliphatic hydroxyl groups is 1. The zero-order chi connectivity index (χ0) is 19.5. The first-order valence-electron chi connectivity index (χ1n) is 9.03. The first-order valence-corrected chi connectivity index (χ1v) is 10.2. The van der Waals surface area contributed by atoms with Crippen LogP contribution in [0.3, 0.4) is 0 Å². The van der Waals surface area contributed by atoms with E-state index in [1.807, 2.05) is 34.7 Å². The normalized spacial score (nSPS) is 17.7. The number of hydrogen-bond donors (Lipinski definition) is 2. The number of rotatable bonds is 7. The highest BCUT2D eigenvalue weighted by molar-refractivity contribution is 7.96. The third kappa shape index (κ3) is 4.60. The number of amides is 1. The number of aromatic nitrogens is 1. The number of aliphatic hydroxyl groups excluding tert-OH is 1. The maximum Gasteiger partial charge on any atom is 0.246 e. The Morgan fingerprint density at radius 2 is 2.04 bits per heavy atom. The maximum absolute atomic E-state index is 12.9. The summed E-state index contributed by atoms with van der Waals surface area (Å²) in [7, 11) is 2.01. The fourth-order valence-electron chi connectivity index (χ4n) is 3.03. The van der Waals surface area contributed by atoms with E-state index in [1.165, 1.54) is 0 Å². The quantitative estimate of drug-likeness (QED) is 0.698. The predicted molar refractivity (Wildman–Crippen MR) is 105 cm³/mol. The topological polar surface area (TPSA) is 81.8 Å². The standard InChI is InChI=1S/C18H32N4O3S/c1-17(2,12-23)14-11-15(25-20-14)19-16(24)18(3,4)21(5)13-7-9-22(26-6)10-8-13/h11,13,23H,7-10,12H2,1-6H3,(H,19,24). The lowest BCUT2D eigenvalue weighted by atomic mass is 9.91. The van der Waals surface area contributed by atoms with Crippen molar-refractivity contribution in [2.45, 2.75) is 57.5 Å². The van der Waals surface area contributed by atoms with Gasteiger partial charge in [-0.3, -0.25) is 19.3 Å². The van der Waals surface area contributed by atoms with Gasteiger partial charge in [0.05, 0.1) is 17.8 Å². The van der Waals surface area contributed by atoms with Gasteiger partial charge in [0.1, 0.15) is 0 Å². The molecule has 1 aliphatic heterocycles. The minimum atomic E-state index is -0.675. The molecule has 2 rings (SSSR count). The highest BCUT2D eigenvalue weighted by atomic mass is 32.2. The van der Waals surface area contributed by atoms with Gasteiger partial charge in [-0.2, -0.15) is 0 Å². The third-order valence-electron chi connectivity index (χ3n) is 5.50. The van der Waals surface area contributed by atoms with Gasteiger partial charge in [0.25, 0.3) is 0 Å². The van der Waals surface area contributed by atoms with Crippen molar-refractivity contribution in [2.75, 3.05) is 38.3 Å². The minimum absolute atomic E-state index is 0.0457. The average molecular weight is 385 g/mol. The van der Waals surface area contributed by atoms with Crippen molar-refractivity contribution in [1.29, 1.82) is 0 Å². The van der Waals surface area contributed by atoms with Crippen LogP contribution in [0.1, 0.15) is 46.2 Å². The SMILES string of the molecule is CSN1CCC(N(C)C(C)(C)C(=O)Nc2cc(C(C)(C)CO)no2)CC1. The van der Waals surface area contributed by atoms with Crippen LogP contribution >= 0.6 is 11.9 Å². The van der Waals surface area contributed by atoms with Gasteiger partial charge in [0, 0.05) is 30.6 Å². The second-order valence-electron chi connectivity index (χ2n) is 8.09. The van der Waals surface area contributed by atoms with Crippen LogP contribution in [-0.4, -0.2) is 70.0 Å². The zero-order valence-corrected chi connectivity index (χ0v) is 17.5. The Morgan fingerprint density at radius 3 is 2.58 bits per heavy atom. The van der Waals surface area contributed by atoms with E-state index in [0.29, 0.717) is 17.6 Å². The van der Waals surface area contributed by atoms with Gasteiger partial charge in [0.2, 0.25) is 11.8 Å². The van der Waals surface area contributed by atoms with E-state index in [4.69, 9.17) is 4.52 Å². The molecule has 7 nitrogen and oxygen atoms in total. The molecule has 1 aromatic heterocycles. The molecule has 0 spiro atoms. The molecule has 1 saturated heterocycles. The van der Waals surface area contributed by atoms with Crippen LogP contribution in [0.15, 0.2) is 10.6 Å². The van der Waals surface area contributed by atoms with Crippen molar-refractivity contribution in [3.05, 3.63) is 11.8 Å². The molecule has 1 aliphatic rings. The Balaban J connectivity index is 2.01. The lowest BCUT2D eigenvalue weighted by Gasteiger charge is -2.43. The summed E-state index contributed by atoms with van der Waals surface area (Å²) in [5.74, 6) is 0.182. The molecule has 1 aromatic rings. The smallest absolute Gasteiger partial charge is 0.246 e. The van der Waals surface area contributed by atoms with Crippen LogP contribution in [0.2, 0.25) is 0 Å². The molecule has 1 fully saturated rings. The molecule has 0 saturated carbocycles. The first-order chi connectivity index (χ1) is 12.1. The monoisotopic (exact) mass is 384 g/mol. The van der Waals surface area contributed by atoms with Crippen LogP contribution < -0.4 is 5.32 Å². The Morgan fingerprint density at radius 1 is 1.42 bits per heavy atom. The molecule has 148 valence electrons. The molecule has 0 aliphatic carbocycles. The van der Waals surface area contributed by atoms with E-state index in [9.17, 15) is 9.90 Å². The summed E-state index contributed by atoms with van der Waals surface area (Å²) in [5, 5.41) is 16.2. The highest BCUT2D eigenvalue weighted by Gasteiger charge is 2.38. The predicted octanol–water partition coefficient (Wildman–Crippen LogP) is 2.34. The molecule has 0 radical (unpaired) electrons. The summed E-state index contributed by atoms with van der Waals surface area (Å²) >= 11 is 1.78. The summed E-state index contributed by atoms with van der Waals surface area (Å²) < 4.78 is 7.61. The summed E-state index contributed by atoms with van der Waals surface area (Å²) in [6.07, 6.45) is 4.20. The van der Waals surface area contributed by atoms with Crippen molar-refractivity contribution in [1.82, 2.24) is 14.4 Å². The number of carbonyl (C=O) groups excluding carboxylic acids is 1. The van der Waals surface area contributed by atoms with Crippen molar-refractivity contribution >= 4 is 23.7 Å². The number of nitrogens with zero attached hydrogens (tertiary/aromatic N) is 3. The van der Waals surface area contributed by atoms with Crippen LogP contribution in [0, 0.1) is 0 Å². The van der Waals surface area contributed by atoms with Gasteiger partial charge in [-0.1, -0.05) is 31.0 Å². The Hall–Kier alpha value is -1.09. The Labute approximate surface area is 160 Å². The molecular weight excluding hydrogens is 352 g/mol. The number of nitrogens with one attached hydrogen (secondary N) is 1. The highest BCUT2D eigenvalue weighted by Crippen LogP contribution is 2.28. The fraction of sp³-hybridized carbons (Fsp3) is 0.778. The van der Waals surface area contributed by atoms with E-state index >= 15 is 0 Å². The molecule has 2 N–H and O–H groups in total. The van der Waals surface area contributed by atoms with Gasteiger partial charge < -0.3 is 9.63 Å². The van der Waals surface area contributed by atoms with E-state index in [-0.39, 0.29) is 12.5 Å². The maximum atomic E-state index is 12.9. The summed E-state index contributed by atoms with van der Waals surface area (Å²) in [5.41, 5.74) is -0.568. The second-order valence-corrected chi connectivity index (χ2v) is 8.97. The fourth-order valence-corrected chi connectivity index (χ4v) is 3.60. The van der Waals surface area contributed by atoms with Crippen LogP contribution in [0.4, 0.5) is 5.88 Å². The Bertz CT molecular complexity index is 609. The molecule has 2 heterocycles. The molecule has 26 heavy (non-hydrogen) atoms. The molecular formula is C18H32N4O3S. The van der Waals surface area contributed by atoms with Gasteiger partial charge in [-0.15, -0.1) is 0 Å². The molecule has 0 atom stereocenters. The van der Waals surface area contributed by atoms with Gasteiger partial charge in [0.15, 0.2) is 0 Å². The second kappa shape index (κ2) is 8.29. The lowest BCUT2D eigenvalue weighted by molar-refractivity contribution is -0.127. The number of likely N-dealkylation sites (N-methyl/N-ethyl adjacent to an activating group) is 1. The van der Waals surface area contributed by atoms with E-state index in [0.717, 1.165) is 25.9 Å². The molecule has 0 aromatic carbocycles. The number of anilines is 1. The van der Waals surface area contributed by atoms with Gasteiger partial charge in [-0.25, -0.2) is 0 Å². The van der Waals surface area contributed by atoms with E-state index in [1.54, 1.807) is 18.0 Å².